The predicted octanol–water partition coefficient (Wildman–Crippen LogP) is 3.62. The van der Waals surface area contributed by atoms with Gasteiger partial charge in [-0.25, -0.2) is 4.39 Å². The van der Waals surface area contributed by atoms with Crippen molar-refractivity contribution in [3.05, 3.63) is 57.8 Å². The maximum absolute atomic E-state index is 13.2. The summed E-state index contributed by atoms with van der Waals surface area (Å²) in [6.45, 7) is 0.169. The van der Waals surface area contributed by atoms with Crippen molar-refractivity contribution in [2.45, 2.75) is 6.61 Å². The van der Waals surface area contributed by atoms with Gasteiger partial charge in [0.05, 0.1) is 11.6 Å². The quantitative estimate of drug-likeness (QED) is 0.879. The third-order valence-corrected chi connectivity index (χ3v) is 2.84. The van der Waals surface area contributed by atoms with Gasteiger partial charge in [-0.15, -0.1) is 0 Å². The number of hydrogen-bond acceptors (Lipinski definition) is 3. The lowest BCUT2D eigenvalue weighted by Crippen LogP contribution is -1.98. The first-order valence-electron chi connectivity index (χ1n) is 5.45. The van der Waals surface area contributed by atoms with E-state index in [1.54, 1.807) is 24.3 Å². The van der Waals surface area contributed by atoms with Crippen molar-refractivity contribution in [3.63, 3.8) is 0 Å². The molecule has 19 heavy (non-hydrogen) atoms. The van der Waals surface area contributed by atoms with Gasteiger partial charge in [0.25, 0.3) is 0 Å². The van der Waals surface area contributed by atoms with Crippen LogP contribution < -0.4 is 10.5 Å². The van der Waals surface area contributed by atoms with Crippen LogP contribution in [0.3, 0.4) is 0 Å². The van der Waals surface area contributed by atoms with Crippen molar-refractivity contribution in [1.29, 1.82) is 5.26 Å². The van der Waals surface area contributed by atoms with E-state index in [1.807, 2.05) is 6.07 Å². The Labute approximate surface area is 118 Å². The van der Waals surface area contributed by atoms with Crippen LogP contribution in [0.5, 0.6) is 5.75 Å². The van der Waals surface area contributed by atoms with E-state index in [2.05, 4.69) is 15.9 Å². The Morgan fingerprint density at radius 3 is 2.68 bits per heavy atom. The Bertz CT molecular complexity index is 632. The van der Waals surface area contributed by atoms with E-state index in [1.165, 1.54) is 12.1 Å². The summed E-state index contributed by atoms with van der Waals surface area (Å²) in [4.78, 5) is 0. The van der Waals surface area contributed by atoms with Gasteiger partial charge in [-0.3, -0.25) is 0 Å². The highest BCUT2D eigenvalue weighted by molar-refractivity contribution is 9.10. The molecular formula is C14H10BrFN2O. The van der Waals surface area contributed by atoms with E-state index in [-0.39, 0.29) is 12.2 Å². The Morgan fingerprint density at radius 2 is 2.00 bits per heavy atom. The smallest absolute Gasteiger partial charge is 0.124 e. The number of nitrogens with zero attached hydrogens (tertiary/aromatic N) is 1. The average Bonchev–Trinajstić information content (AvgIpc) is 2.34. The molecule has 96 valence electrons. The molecule has 5 heteroatoms. The SMILES string of the molecule is N#Cc1cc(F)cc(COc2cc(N)cc(Br)c2)c1. The molecule has 2 aromatic carbocycles. The number of ether oxygens (including phenoxy) is 1. The topological polar surface area (TPSA) is 59.0 Å². The van der Waals surface area contributed by atoms with E-state index >= 15 is 0 Å². The number of anilines is 1. The summed E-state index contributed by atoms with van der Waals surface area (Å²) in [6.07, 6.45) is 0. The monoisotopic (exact) mass is 320 g/mol. The summed E-state index contributed by atoms with van der Waals surface area (Å²) in [5, 5.41) is 8.76. The molecule has 0 radical (unpaired) electrons. The molecule has 0 unspecified atom stereocenters. The van der Waals surface area contributed by atoms with Gasteiger partial charge in [0, 0.05) is 16.2 Å². The van der Waals surface area contributed by atoms with Crippen LogP contribution in [0.15, 0.2) is 40.9 Å². The van der Waals surface area contributed by atoms with Crippen LogP contribution in [-0.4, -0.2) is 0 Å². The lowest BCUT2D eigenvalue weighted by atomic mass is 10.1. The first-order chi connectivity index (χ1) is 9.06. The summed E-state index contributed by atoms with van der Waals surface area (Å²) in [6, 6.07) is 11.2. The second kappa shape index (κ2) is 5.72. The fraction of sp³-hybridized carbons (Fsp3) is 0.0714. The van der Waals surface area contributed by atoms with Crippen LogP contribution in [0.4, 0.5) is 10.1 Å². The lowest BCUT2D eigenvalue weighted by molar-refractivity contribution is 0.305. The highest BCUT2D eigenvalue weighted by Crippen LogP contribution is 2.23. The largest absolute Gasteiger partial charge is 0.489 e. The maximum Gasteiger partial charge on any atom is 0.124 e. The predicted molar refractivity (Wildman–Crippen MR) is 74.0 cm³/mol. The van der Waals surface area contributed by atoms with Crippen LogP contribution in [0, 0.1) is 17.1 Å². The highest BCUT2D eigenvalue weighted by Gasteiger charge is 2.03. The molecule has 0 aliphatic heterocycles. The van der Waals surface area contributed by atoms with E-state index in [0.717, 1.165) is 4.47 Å². The zero-order chi connectivity index (χ0) is 13.8. The number of hydrogen-bond donors (Lipinski definition) is 1. The van der Waals surface area contributed by atoms with Crippen molar-refractivity contribution in [2.24, 2.45) is 0 Å². The summed E-state index contributed by atoms with van der Waals surface area (Å²) < 4.78 is 19.6. The molecule has 2 aromatic rings. The van der Waals surface area contributed by atoms with Crippen molar-refractivity contribution in [2.75, 3.05) is 5.73 Å². The van der Waals surface area contributed by atoms with Crippen LogP contribution >= 0.6 is 15.9 Å². The first-order valence-corrected chi connectivity index (χ1v) is 6.24. The van der Waals surface area contributed by atoms with Gasteiger partial charge in [-0.1, -0.05) is 15.9 Å². The van der Waals surface area contributed by atoms with Gasteiger partial charge in [0.15, 0.2) is 0 Å². The molecule has 0 heterocycles. The second-order valence-corrected chi connectivity index (χ2v) is 4.88. The molecule has 0 spiro atoms. The Balaban J connectivity index is 2.14. The molecule has 0 aromatic heterocycles. The number of nitrogen functional groups attached to an aromatic ring is 1. The summed E-state index contributed by atoms with van der Waals surface area (Å²) in [7, 11) is 0. The van der Waals surface area contributed by atoms with Crippen molar-refractivity contribution in [1.82, 2.24) is 0 Å². The van der Waals surface area contributed by atoms with Crippen LogP contribution in [0.1, 0.15) is 11.1 Å². The van der Waals surface area contributed by atoms with Gasteiger partial charge in [0.1, 0.15) is 18.2 Å². The fourth-order valence-electron chi connectivity index (χ4n) is 1.63. The molecule has 2 rings (SSSR count). The molecule has 0 amide bonds. The van der Waals surface area contributed by atoms with Gasteiger partial charge in [0.2, 0.25) is 0 Å². The summed E-state index contributed by atoms with van der Waals surface area (Å²) in [5.41, 5.74) is 7.12. The van der Waals surface area contributed by atoms with E-state index in [4.69, 9.17) is 15.7 Å². The number of benzene rings is 2. The van der Waals surface area contributed by atoms with Gasteiger partial charge < -0.3 is 10.5 Å². The van der Waals surface area contributed by atoms with Crippen LogP contribution in [0.2, 0.25) is 0 Å². The Morgan fingerprint density at radius 1 is 1.21 bits per heavy atom. The van der Waals surface area contributed by atoms with E-state index < -0.39 is 5.82 Å². The van der Waals surface area contributed by atoms with Crippen molar-refractivity contribution >= 4 is 21.6 Å². The zero-order valence-electron chi connectivity index (χ0n) is 9.86. The molecular weight excluding hydrogens is 311 g/mol. The normalized spacial score (nSPS) is 9.95. The van der Waals surface area contributed by atoms with Gasteiger partial charge in [-0.2, -0.15) is 5.26 Å². The molecule has 0 bridgehead atoms. The zero-order valence-corrected chi connectivity index (χ0v) is 11.4. The molecule has 0 saturated heterocycles. The van der Waals surface area contributed by atoms with E-state index in [9.17, 15) is 4.39 Å². The third-order valence-electron chi connectivity index (χ3n) is 2.39. The minimum atomic E-state index is -0.452. The summed E-state index contributed by atoms with van der Waals surface area (Å²) in [5.74, 6) is 0.126. The molecule has 2 N–H and O–H groups in total. The second-order valence-electron chi connectivity index (χ2n) is 3.97. The molecule has 0 aliphatic carbocycles. The fourth-order valence-corrected chi connectivity index (χ4v) is 2.12. The molecule has 0 saturated carbocycles. The van der Waals surface area contributed by atoms with Gasteiger partial charge in [-0.05, 0) is 35.9 Å². The number of nitriles is 1. The summed E-state index contributed by atoms with van der Waals surface area (Å²) >= 11 is 3.31. The van der Waals surface area contributed by atoms with Crippen LogP contribution in [0.25, 0.3) is 0 Å². The molecule has 0 atom stereocenters. The van der Waals surface area contributed by atoms with E-state index in [0.29, 0.717) is 17.0 Å². The number of nitrogens with two attached hydrogens (primary N) is 1. The molecule has 0 fully saturated rings. The lowest BCUT2D eigenvalue weighted by Gasteiger charge is -2.08. The minimum Gasteiger partial charge on any atom is -0.489 e. The highest BCUT2D eigenvalue weighted by atomic mass is 79.9. The maximum atomic E-state index is 13.2. The van der Waals surface area contributed by atoms with Crippen molar-refractivity contribution in [3.8, 4) is 11.8 Å². The van der Waals surface area contributed by atoms with Crippen LogP contribution in [-0.2, 0) is 6.61 Å². The average molecular weight is 321 g/mol. The Kier molecular flexibility index (Phi) is 4.03. The van der Waals surface area contributed by atoms with Crippen molar-refractivity contribution < 1.29 is 9.13 Å². The first kappa shape index (κ1) is 13.4. The minimum absolute atomic E-state index is 0.169. The standard InChI is InChI=1S/C14H10BrFN2O/c15-11-4-13(18)6-14(5-11)19-8-10-1-9(7-17)2-12(16)3-10/h1-6H,8,18H2. The molecule has 0 aliphatic rings. The number of halogens is 2. The number of rotatable bonds is 3. The third kappa shape index (κ3) is 3.70. The molecule has 3 nitrogen and oxygen atoms in total. The Hall–Kier alpha value is -2.06. The van der Waals surface area contributed by atoms with Gasteiger partial charge >= 0.3 is 0 Å².